The van der Waals surface area contributed by atoms with Crippen LogP contribution in [0.15, 0.2) is 24.3 Å². The smallest absolute Gasteiger partial charge is 0.338 e. The topological polar surface area (TPSA) is 52.6 Å². The number of benzene rings is 1. The van der Waals surface area contributed by atoms with Crippen molar-refractivity contribution in [3.63, 3.8) is 0 Å². The van der Waals surface area contributed by atoms with Crippen LogP contribution in [0.5, 0.6) is 0 Å². The van der Waals surface area contributed by atoms with Crippen molar-refractivity contribution in [1.29, 1.82) is 0 Å². The lowest BCUT2D eigenvalue weighted by Crippen LogP contribution is -2.10. The lowest BCUT2D eigenvalue weighted by atomic mass is 10.0. The molecule has 0 saturated heterocycles. The van der Waals surface area contributed by atoms with Crippen LogP contribution in [0.25, 0.3) is 0 Å². The van der Waals surface area contributed by atoms with E-state index in [0.717, 1.165) is 37.5 Å². The molecule has 36 heavy (non-hydrogen) atoms. The summed E-state index contributed by atoms with van der Waals surface area (Å²) in [7, 11) is 0. The number of esters is 2. The summed E-state index contributed by atoms with van der Waals surface area (Å²) in [6.45, 7) is 9.98. The third-order valence-corrected chi connectivity index (χ3v) is 6.65. The molecular weight excluding hydrogens is 448 g/mol. The Morgan fingerprint density at radius 3 is 1.25 bits per heavy atom. The SMILES string of the molecule is CC(C)CCCCCCCCCOC(=O)c1cccc(C(=O)OCCCCCCCCCC(C)C)c1. The molecule has 0 bridgehead atoms. The highest BCUT2D eigenvalue weighted by Crippen LogP contribution is 2.14. The predicted octanol–water partition coefficient (Wildman–Crippen LogP) is 9.55. The van der Waals surface area contributed by atoms with Crippen molar-refractivity contribution in [1.82, 2.24) is 0 Å². The van der Waals surface area contributed by atoms with Gasteiger partial charge in [-0.05, 0) is 42.9 Å². The average Bonchev–Trinajstić information content (AvgIpc) is 2.85. The van der Waals surface area contributed by atoms with Gasteiger partial charge in [-0.25, -0.2) is 9.59 Å². The van der Waals surface area contributed by atoms with Gasteiger partial charge in [0.2, 0.25) is 0 Å². The van der Waals surface area contributed by atoms with Gasteiger partial charge in [0.1, 0.15) is 0 Å². The molecule has 4 nitrogen and oxygen atoms in total. The molecule has 0 unspecified atom stereocenters. The fourth-order valence-corrected chi connectivity index (χ4v) is 4.35. The molecule has 1 aromatic carbocycles. The highest BCUT2D eigenvalue weighted by atomic mass is 16.5. The second-order valence-corrected chi connectivity index (χ2v) is 11.2. The van der Waals surface area contributed by atoms with Crippen molar-refractivity contribution in [2.45, 2.75) is 130 Å². The quantitative estimate of drug-likeness (QED) is 0.117. The van der Waals surface area contributed by atoms with Gasteiger partial charge in [0.05, 0.1) is 24.3 Å². The molecule has 0 amide bonds. The van der Waals surface area contributed by atoms with E-state index in [0.29, 0.717) is 24.3 Å². The van der Waals surface area contributed by atoms with Crippen LogP contribution in [0.4, 0.5) is 0 Å². The average molecular weight is 503 g/mol. The van der Waals surface area contributed by atoms with E-state index in [1.54, 1.807) is 24.3 Å². The predicted molar refractivity (Wildman–Crippen MR) is 151 cm³/mol. The van der Waals surface area contributed by atoms with Crippen LogP contribution in [0.1, 0.15) is 151 Å². The zero-order chi connectivity index (χ0) is 26.4. The molecule has 0 atom stereocenters. The van der Waals surface area contributed by atoms with Gasteiger partial charge in [0, 0.05) is 0 Å². The molecule has 1 rings (SSSR count). The van der Waals surface area contributed by atoms with Gasteiger partial charge in [0.15, 0.2) is 0 Å². The van der Waals surface area contributed by atoms with Crippen molar-refractivity contribution < 1.29 is 19.1 Å². The molecule has 4 heteroatoms. The van der Waals surface area contributed by atoms with Crippen molar-refractivity contribution in [3.05, 3.63) is 35.4 Å². The summed E-state index contributed by atoms with van der Waals surface area (Å²) >= 11 is 0. The van der Waals surface area contributed by atoms with Gasteiger partial charge < -0.3 is 9.47 Å². The first kappa shape index (κ1) is 32.2. The van der Waals surface area contributed by atoms with Crippen molar-refractivity contribution in [2.75, 3.05) is 13.2 Å². The first-order chi connectivity index (χ1) is 17.4. The number of carbonyl (C=O) groups excluding carboxylic acids is 2. The molecule has 0 spiro atoms. The zero-order valence-electron chi connectivity index (χ0n) is 23.8. The fourth-order valence-electron chi connectivity index (χ4n) is 4.35. The van der Waals surface area contributed by atoms with Gasteiger partial charge in [0.25, 0.3) is 0 Å². The van der Waals surface area contributed by atoms with Crippen LogP contribution in [-0.2, 0) is 9.47 Å². The Bertz CT molecular complexity index is 640. The molecule has 1 aromatic rings. The Morgan fingerprint density at radius 1 is 0.556 bits per heavy atom. The zero-order valence-corrected chi connectivity index (χ0v) is 23.8. The van der Waals surface area contributed by atoms with E-state index in [1.165, 1.54) is 77.0 Å². The normalized spacial score (nSPS) is 11.3. The van der Waals surface area contributed by atoms with Gasteiger partial charge in [-0.15, -0.1) is 0 Å². The molecular formula is C32H54O4. The van der Waals surface area contributed by atoms with Gasteiger partial charge in [-0.3, -0.25) is 0 Å². The minimum Gasteiger partial charge on any atom is -0.462 e. The highest BCUT2D eigenvalue weighted by Gasteiger charge is 2.12. The van der Waals surface area contributed by atoms with Crippen LogP contribution in [0.2, 0.25) is 0 Å². The molecule has 0 saturated carbocycles. The number of hydrogen-bond donors (Lipinski definition) is 0. The molecule has 0 fully saturated rings. The van der Waals surface area contributed by atoms with E-state index in [1.807, 2.05) is 0 Å². The third kappa shape index (κ3) is 17.6. The van der Waals surface area contributed by atoms with Crippen LogP contribution in [0, 0.1) is 11.8 Å². The van der Waals surface area contributed by atoms with Gasteiger partial charge >= 0.3 is 11.9 Å². The minimum absolute atomic E-state index is 0.369. The lowest BCUT2D eigenvalue weighted by Gasteiger charge is -2.08. The Hall–Kier alpha value is -1.84. The molecule has 0 aliphatic heterocycles. The monoisotopic (exact) mass is 502 g/mol. The molecule has 0 N–H and O–H groups in total. The fraction of sp³-hybridized carbons (Fsp3) is 0.750. The Labute approximate surface area is 221 Å². The third-order valence-electron chi connectivity index (χ3n) is 6.65. The second kappa shape index (κ2) is 21.3. The van der Waals surface area contributed by atoms with E-state index in [2.05, 4.69) is 27.7 Å². The lowest BCUT2D eigenvalue weighted by molar-refractivity contribution is 0.0496. The van der Waals surface area contributed by atoms with Crippen molar-refractivity contribution >= 4 is 11.9 Å². The number of hydrogen-bond acceptors (Lipinski definition) is 4. The summed E-state index contributed by atoms with van der Waals surface area (Å²) in [4.78, 5) is 24.7. The molecule has 0 heterocycles. The summed E-state index contributed by atoms with van der Waals surface area (Å²) in [5, 5.41) is 0. The molecule has 0 aromatic heterocycles. The van der Waals surface area contributed by atoms with Crippen LogP contribution >= 0.6 is 0 Å². The van der Waals surface area contributed by atoms with Gasteiger partial charge in [-0.2, -0.15) is 0 Å². The largest absolute Gasteiger partial charge is 0.462 e. The summed E-state index contributed by atoms with van der Waals surface area (Å²) in [5.41, 5.74) is 0.819. The second-order valence-electron chi connectivity index (χ2n) is 11.2. The minimum atomic E-state index is -0.369. The number of carbonyl (C=O) groups is 2. The van der Waals surface area contributed by atoms with Crippen LogP contribution in [-0.4, -0.2) is 25.2 Å². The molecule has 0 radical (unpaired) electrons. The Morgan fingerprint density at radius 2 is 0.889 bits per heavy atom. The van der Waals surface area contributed by atoms with Crippen LogP contribution in [0.3, 0.4) is 0 Å². The molecule has 206 valence electrons. The van der Waals surface area contributed by atoms with Gasteiger partial charge in [-0.1, -0.05) is 124 Å². The standard InChI is InChI=1S/C32H54O4/c1-27(2)20-15-11-7-5-9-13-17-24-35-31(33)29-22-19-23-30(26-29)32(34)36-25-18-14-10-6-8-12-16-21-28(3)4/h19,22-23,26-28H,5-18,20-21,24-25H2,1-4H3. The van der Waals surface area contributed by atoms with Crippen LogP contribution < -0.4 is 0 Å². The first-order valence-corrected chi connectivity index (χ1v) is 14.8. The van der Waals surface area contributed by atoms with E-state index in [-0.39, 0.29) is 11.9 Å². The maximum absolute atomic E-state index is 12.4. The van der Waals surface area contributed by atoms with E-state index >= 15 is 0 Å². The van der Waals surface area contributed by atoms with Crippen molar-refractivity contribution in [2.24, 2.45) is 11.8 Å². The van der Waals surface area contributed by atoms with E-state index in [4.69, 9.17) is 9.47 Å². The maximum atomic E-state index is 12.4. The van der Waals surface area contributed by atoms with Crippen molar-refractivity contribution in [3.8, 4) is 0 Å². The van der Waals surface area contributed by atoms with E-state index in [9.17, 15) is 9.59 Å². The summed E-state index contributed by atoms with van der Waals surface area (Å²) < 4.78 is 10.8. The molecule has 0 aliphatic rings. The Balaban J connectivity index is 2.11. The number of unbranched alkanes of at least 4 members (excludes halogenated alkanes) is 12. The number of rotatable bonds is 22. The van der Waals surface area contributed by atoms with E-state index < -0.39 is 0 Å². The summed E-state index contributed by atoms with van der Waals surface area (Å²) in [6.07, 6.45) is 19.4. The highest BCUT2D eigenvalue weighted by molar-refractivity contribution is 5.95. The summed E-state index contributed by atoms with van der Waals surface area (Å²) in [6, 6.07) is 6.68. The Kier molecular flexibility index (Phi) is 19.0. The number of ether oxygens (including phenoxy) is 2. The first-order valence-electron chi connectivity index (χ1n) is 14.8. The molecule has 0 aliphatic carbocycles. The maximum Gasteiger partial charge on any atom is 0.338 e. The summed E-state index contributed by atoms with van der Waals surface area (Å²) in [5.74, 6) is 0.873.